The molecule has 0 aliphatic rings. The highest BCUT2D eigenvalue weighted by molar-refractivity contribution is 5.90. The Morgan fingerprint density at radius 2 is 1.89 bits per heavy atom. The van der Waals surface area contributed by atoms with E-state index in [2.05, 4.69) is 10.6 Å². The molecule has 0 aromatic heterocycles. The number of amides is 2. The zero-order valence-electron chi connectivity index (χ0n) is 10.3. The van der Waals surface area contributed by atoms with Crippen molar-refractivity contribution in [3.8, 4) is 0 Å². The number of hydrogen-bond acceptors (Lipinski definition) is 2. The van der Waals surface area contributed by atoms with Gasteiger partial charge in [0.25, 0.3) is 0 Å². The first-order valence-electron chi connectivity index (χ1n) is 5.50. The van der Waals surface area contributed by atoms with E-state index in [1.807, 2.05) is 0 Å². The molecule has 2 amide bonds. The molecule has 0 aliphatic heterocycles. The number of aliphatic hydroxyl groups is 1. The van der Waals surface area contributed by atoms with Gasteiger partial charge in [-0.2, -0.15) is 0 Å². The normalized spacial score (nSPS) is 11.2. The van der Waals surface area contributed by atoms with E-state index in [4.69, 9.17) is 5.11 Å². The van der Waals surface area contributed by atoms with Crippen molar-refractivity contribution in [2.24, 2.45) is 0 Å². The second-order valence-electron chi connectivity index (χ2n) is 4.53. The fourth-order valence-corrected chi connectivity index (χ4v) is 1.41. The Hall–Kier alpha value is -1.69. The van der Waals surface area contributed by atoms with E-state index >= 15 is 0 Å². The van der Waals surface area contributed by atoms with E-state index in [-0.39, 0.29) is 6.61 Å². The highest BCUT2D eigenvalue weighted by Gasteiger charge is 2.21. The molecule has 0 heterocycles. The van der Waals surface area contributed by atoms with Gasteiger partial charge in [-0.25, -0.2) is 13.6 Å². The standard InChI is InChI=1S/C12H16F2N2O2/c1-12(2,6-7-17)16-11(18)15-10-8(13)4-3-5-9(10)14/h3-5,17H,6-7H2,1-2H3,(H2,15,16,18). The number of carbonyl (C=O) groups excluding carboxylic acids is 1. The van der Waals surface area contributed by atoms with Gasteiger partial charge in [-0.3, -0.25) is 0 Å². The number of carbonyl (C=O) groups is 1. The number of aliphatic hydroxyl groups excluding tert-OH is 1. The fraction of sp³-hybridized carbons (Fsp3) is 0.417. The van der Waals surface area contributed by atoms with Gasteiger partial charge in [-0.1, -0.05) is 6.07 Å². The molecule has 0 aliphatic carbocycles. The highest BCUT2D eigenvalue weighted by Crippen LogP contribution is 2.18. The minimum absolute atomic E-state index is 0.0959. The van der Waals surface area contributed by atoms with E-state index in [9.17, 15) is 13.6 Å². The summed E-state index contributed by atoms with van der Waals surface area (Å²) < 4.78 is 26.5. The molecule has 0 saturated carbocycles. The Morgan fingerprint density at radius 3 is 2.39 bits per heavy atom. The number of halogens is 2. The van der Waals surface area contributed by atoms with Crippen molar-refractivity contribution in [2.45, 2.75) is 25.8 Å². The van der Waals surface area contributed by atoms with Gasteiger partial charge < -0.3 is 15.7 Å². The Labute approximate surface area is 104 Å². The van der Waals surface area contributed by atoms with Crippen LogP contribution in [0.25, 0.3) is 0 Å². The van der Waals surface area contributed by atoms with Crippen molar-refractivity contribution in [1.82, 2.24) is 5.32 Å². The Bertz CT molecular complexity index is 416. The van der Waals surface area contributed by atoms with Crippen LogP contribution in [0.4, 0.5) is 19.3 Å². The summed E-state index contributed by atoms with van der Waals surface area (Å²) in [5.41, 5.74) is -1.16. The number of anilines is 1. The lowest BCUT2D eigenvalue weighted by Crippen LogP contribution is -2.46. The summed E-state index contributed by atoms with van der Waals surface area (Å²) in [7, 11) is 0. The van der Waals surface area contributed by atoms with Gasteiger partial charge in [0.1, 0.15) is 17.3 Å². The van der Waals surface area contributed by atoms with Crippen molar-refractivity contribution < 1.29 is 18.7 Å². The minimum Gasteiger partial charge on any atom is -0.396 e. The van der Waals surface area contributed by atoms with E-state index in [1.165, 1.54) is 6.07 Å². The van der Waals surface area contributed by atoms with Crippen LogP contribution in [-0.4, -0.2) is 23.3 Å². The van der Waals surface area contributed by atoms with Crippen molar-refractivity contribution in [2.75, 3.05) is 11.9 Å². The van der Waals surface area contributed by atoms with Gasteiger partial charge in [0.05, 0.1) is 0 Å². The maximum Gasteiger partial charge on any atom is 0.319 e. The van der Waals surface area contributed by atoms with Gasteiger partial charge >= 0.3 is 6.03 Å². The smallest absolute Gasteiger partial charge is 0.319 e. The summed E-state index contributed by atoms with van der Waals surface area (Å²) in [5, 5.41) is 13.4. The third-order valence-electron chi connectivity index (χ3n) is 2.39. The quantitative estimate of drug-likeness (QED) is 0.775. The number of nitrogens with one attached hydrogen (secondary N) is 2. The largest absolute Gasteiger partial charge is 0.396 e. The maximum atomic E-state index is 13.3. The predicted octanol–water partition coefficient (Wildman–Crippen LogP) is 2.25. The molecule has 0 radical (unpaired) electrons. The van der Waals surface area contributed by atoms with Gasteiger partial charge in [-0.15, -0.1) is 0 Å². The first-order chi connectivity index (χ1) is 8.35. The topological polar surface area (TPSA) is 61.4 Å². The van der Waals surface area contributed by atoms with Crippen LogP contribution in [0.15, 0.2) is 18.2 Å². The number of para-hydroxylation sites is 1. The number of benzene rings is 1. The third-order valence-corrected chi connectivity index (χ3v) is 2.39. The van der Waals surface area contributed by atoms with Crippen LogP contribution >= 0.6 is 0 Å². The lowest BCUT2D eigenvalue weighted by atomic mass is 10.0. The first-order valence-corrected chi connectivity index (χ1v) is 5.50. The molecule has 0 unspecified atom stereocenters. The van der Waals surface area contributed by atoms with Crippen molar-refractivity contribution in [1.29, 1.82) is 0 Å². The Balaban J connectivity index is 2.71. The number of urea groups is 1. The van der Waals surface area contributed by atoms with Gasteiger partial charge in [0.15, 0.2) is 0 Å². The molecule has 3 N–H and O–H groups in total. The van der Waals surface area contributed by atoms with Crippen LogP contribution in [0.3, 0.4) is 0 Å². The van der Waals surface area contributed by atoms with Crippen LogP contribution in [0.1, 0.15) is 20.3 Å². The summed E-state index contributed by atoms with van der Waals surface area (Å²) in [5.74, 6) is -1.68. The maximum absolute atomic E-state index is 13.3. The molecule has 0 fully saturated rings. The second kappa shape index (κ2) is 5.77. The summed E-state index contributed by atoms with van der Waals surface area (Å²) in [6.45, 7) is 3.29. The van der Waals surface area contributed by atoms with Gasteiger partial charge in [0.2, 0.25) is 0 Å². The highest BCUT2D eigenvalue weighted by atomic mass is 19.1. The average molecular weight is 258 g/mol. The Kier molecular flexibility index (Phi) is 4.61. The van der Waals surface area contributed by atoms with E-state index in [1.54, 1.807) is 13.8 Å². The number of rotatable bonds is 4. The molecular weight excluding hydrogens is 242 g/mol. The molecule has 100 valence electrons. The van der Waals surface area contributed by atoms with Crippen LogP contribution in [0.5, 0.6) is 0 Å². The van der Waals surface area contributed by atoms with Crippen molar-refractivity contribution >= 4 is 11.7 Å². The van der Waals surface area contributed by atoms with Crippen LogP contribution in [0, 0.1) is 11.6 Å². The molecular formula is C12H16F2N2O2. The molecule has 1 aromatic carbocycles. The minimum atomic E-state index is -0.842. The summed E-state index contributed by atoms with van der Waals surface area (Å²) in [6, 6.07) is 2.59. The molecule has 1 aromatic rings. The monoisotopic (exact) mass is 258 g/mol. The van der Waals surface area contributed by atoms with Gasteiger partial charge in [0, 0.05) is 12.1 Å². The van der Waals surface area contributed by atoms with Crippen molar-refractivity contribution in [3.63, 3.8) is 0 Å². The molecule has 0 bridgehead atoms. The SMILES string of the molecule is CC(C)(CCO)NC(=O)Nc1c(F)cccc1F. The molecule has 0 saturated heterocycles. The van der Waals surface area contributed by atoms with Crippen LogP contribution in [0.2, 0.25) is 0 Å². The van der Waals surface area contributed by atoms with E-state index in [0.717, 1.165) is 12.1 Å². The Morgan fingerprint density at radius 1 is 1.33 bits per heavy atom. The zero-order valence-corrected chi connectivity index (χ0v) is 10.3. The van der Waals surface area contributed by atoms with Crippen LogP contribution < -0.4 is 10.6 Å². The lowest BCUT2D eigenvalue weighted by Gasteiger charge is -2.25. The number of hydrogen-bond donors (Lipinski definition) is 3. The fourth-order valence-electron chi connectivity index (χ4n) is 1.41. The third kappa shape index (κ3) is 3.96. The predicted molar refractivity (Wildman–Crippen MR) is 64.3 cm³/mol. The van der Waals surface area contributed by atoms with Crippen molar-refractivity contribution in [3.05, 3.63) is 29.8 Å². The molecule has 6 heteroatoms. The molecule has 1 rings (SSSR count). The molecule has 4 nitrogen and oxygen atoms in total. The van der Waals surface area contributed by atoms with E-state index < -0.39 is 28.9 Å². The molecule has 18 heavy (non-hydrogen) atoms. The average Bonchev–Trinajstić information content (AvgIpc) is 2.22. The summed E-state index contributed by atoms with van der Waals surface area (Å²) in [6.07, 6.45) is 0.334. The second-order valence-corrected chi connectivity index (χ2v) is 4.53. The summed E-state index contributed by atoms with van der Waals surface area (Å²) in [4.78, 5) is 11.6. The lowest BCUT2D eigenvalue weighted by molar-refractivity contribution is 0.218. The molecule has 0 spiro atoms. The van der Waals surface area contributed by atoms with Crippen LogP contribution in [-0.2, 0) is 0 Å². The van der Waals surface area contributed by atoms with Gasteiger partial charge in [-0.05, 0) is 32.4 Å². The summed E-state index contributed by atoms with van der Waals surface area (Å²) >= 11 is 0. The first kappa shape index (κ1) is 14.4. The molecule has 0 atom stereocenters. The zero-order chi connectivity index (χ0) is 13.8. The van der Waals surface area contributed by atoms with E-state index in [0.29, 0.717) is 6.42 Å².